The molecule has 0 aromatic carbocycles. The van der Waals surface area contributed by atoms with Gasteiger partial charge in [-0.05, 0) is 19.3 Å². The molecule has 20 heavy (non-hydrogen) atoms. The summed E-state index contributed by atoms with van der Waals surface area (Å²) >= 11 is 0. The fourth-order valence-electron chi connectivity index (χ4n) is 1.88. The van der Waals surface area contributed by atoms with E-state index in [1.807, 2.05) is 13.8 Å². The largest absolute Gasteiger partial charge is 0.480 e. The fourth-order valence-corrected chi connectivity index (χ4v) is 1.88. The van der Waals surface area contributed by atoms with Crippen LogP contribution in [0.2, 0.25) is 0 Å². The van der Waals surface area contributed by atoms with Gasteiger partial charge >= 0.3 is 11.9 Å². The molecule has 0 saturated heterocycles. The van der Waals surface area contributed by atoms with Crippen molar-refractivity contribution in [1.82, 2.24) is 5.32 Å². The molecule has 116 valence electrons. The Hall–Kier alpha value is -1.59. The Bertz CT molecular complexity index is 330. The minimum Gasteiger partial charge on any atom is -0.480 e. The van der Waals surface area contributed by atoms with Crippen molar-refractivity contribution in [2.75, 3.05) is 7.11 Å². The predicted octanol–water partition coefficient (Wildman–Crippen LogP) is 1.73. The monoisotopic (exact) mass is 287 g/mol. The first-order chi connectivity index (χ1) is 9.46. The predicted molar refractivity (Wildman–Crippen MR) is 74.1 cm³/mol. The van der Waals surface area contributed by atoms with Gasteiger partial charge in [0.2, 0.25) is 5.91 Å². The van der Waals surface area contributed by atoms with Crippen LogP contribution in [0.15, 0.2) is 0 Å². The summed E-state index contributed by atoms with van der Waals surface area (Å²) in [6, 6.07) is -1.04. The molecule has 0 spiro atoms. The van der Waals surface area contributed by atoms with Crippen LogP contribution in [0.3, 0.4) is 0 Å². The molecule has 0 bridgehead atoms. The number of carboxylic acid groups (broad SMARTS) is 1. The Kier molecular flexibility index (Phi) is 9.41. The molecular weight excluding hydrogens is 262 g/mol. The van der Waals surface area contributed by atoms with Gasteiger partial charge in [0, 0.05) is 12.3 Å². The van der Waals surface area contributed by atoms with Crippen LogP contribution < -0.4 is 5.32 Å². The van der Waals surface area contributed by atoms with Crippen molar-refractivity contribution < 1.29 is 24.2 Å². The van der Waals surface area contributed by atoms with Crippen molar-refractivity contribution in [1.29, 1.82) is 0 Å². The molecule has 0 aromatic heterocycles. The van der Waals surface area contributed by atoms with Gasteiger partial charge in [-0.2, -0.15) is 0 Å². The van der Waals surface area contributed by atoms with Gasteiger partial charge in [-0.15, -0.1) is 0 Å². The van der Waals surface area contributed by atoms with E-state index in [-0.39, 0.29) is 24.7 Å². The summed E-state index contributed by atoms with van der Waals surface area (Å²) in [6.45, 7) is 3.95. The lowest BCUT2D eigenvalue weighted by Crippen LogP contribution is -2.43. The summed E-state index contributed by atoms with van der Waals surface area (Å²) < 4.78 is 4.46. The molecule has 0 rings (SSSR count). The lowest BCUT2D eigenvalue weighted by atomic mass is 9.97. The summed E-state index contributed by atoms with van der Waals surface area (Å²) in [5.41, 5.74) is 0. The van der Waals surface area contributed by atoms with Gasteiger partial charge in [0.25, 0.3) is 0 Å². The van der Waals surface area contributed by atoms with Crippen LogP contribution in [0.1, 0.15) is 52.4 Å². The van der Waals surface area contributed by atoms with Gasteiger partial charge in [0.15, 0.2) is 0 Å². The highest BCUT2D eigenvalue weighted by molar-refractivity contribution is 5.85. The summed E-state index contributed by atoms with van der Waals surface area (Å²) in [4.78, 5) is 34.1. The maximum Gasteiger partial charge on any atom is 0.326 e. The second-order valence-corrected chi connectivity index (χ2v) is 4.76. The Balaban J connectivity index is 4.45. The Morgan fingerprint density at radius 2 is 1.85 bits per heavy atom. The van der Waals surface area contributed by atoms with Crippen LogP contribution in [0, 0.1) is 5.92 Å². The molecule has 0 saturated carbocycles. The summed E-state index contributed by atoms with van der Waals surface area (Å²) in [5, 5.41) is 11.6. The van der Waals surface area contributed by atoms with Gasteiger partial charge in [-0.1, -0.05) is 26.7 Å². The smallest absolute Gasteiger partial charge is 0.326 e. The Morgan fingerprint density at radius 1 is 1.20 bits per heavy atom. The first kappa shape index (κ1) is 18.4. The summed E-state index contributed by atoms with van der Waals surface area (Å²) in [6.07, 6.45) is 3.37. The number of amides is 1. The molecule has 6 nitrogen and oxygen atoms in total. The zero-order chi connectivity index (χ0) is 15.5. The lowest BCUT2D eigenvalue weighted by Gasteiger charge is -2.19. The molecule has 0 aliphatic rings. The van der Waals surface area contributed by atoms with Crippen molar-refractivity contribution in [2.24, 2.45) is 5.92 Å². The van der Waals surface area contributed by atoms with E-state index in [9.17, 15) is 14.4 Å². The normalized spacial score (nSPS) is 13.3. The molecule has 6 heteroatoms. The van der Waals surface area contributed by atoms with Crippen molar-refractivity contribution in [3.8, 4) is 0 Å². The van der Waals surface area contributed by atoms with Gasteiger partial charge in [0.05, 0.1) is 7.11 Å². The SMILES string of the molecule is CCCCC(CC)C(=O)N[C@@H](CCC(=O)OC)C(=O)O. The molecule has 2 N–H and O–H groups in total. The van der Waals surface area contributed by atoms with E-state index in [1.165, 1.54) is 7.11 Å². The third-order valence-corrected chi connectivity index (χ3v) is 3.25. The molecule has 0 aromatic rings. The average Bonchev–Trinajstić information content (AvgIpc) is 2.43. The molecule has 0 aliphatic carbocycles. The number of esters is 1. The minimum absolute atomic E-state index is 0.0283. The van der Waals surface area contributed by atoms with Crippen LogP contribution in [0.4, 0.5) is 0 Å². The summed E-state index contributed by atoms with van der Waals surface area (Å²) in [5.74, 6) is -2.04. The third-order valence-electron chi connectivity index (χ3n) is 3.25. The number of ether oxygens (including phenoxy) is 1. The number of unbranched alkanes of at least 4 members (excludes halogenated alkanes) is 1. The van der Waals surface area contributed by atoms with E-state index in [4.69, 9.17) is 5.11 Å². The van der Waals surface area contributed by atoms with E-state index >= 15 is 0 Å². The number of carbonyl (C=O) groups excluding carboxylic acids is 2. The van der Waals surface area contributed by atoms with Gasteiger partial charge in [-0.3, -0.25) is 9.59 Å². The number of hydrogen-bond donors (Lipinski definition) is 2. The van der Waals surface area contributed by atoms with Crippen LogP contribution in [-0.4, -0.2) is 36.1 Å². The number of methoxy groups -OCH3 is 1. The zero-order valence-electron chi connectivity index (χ0n) is 12.5. The first-order valence-corrected chi connectivity index (χ1v) is 7.06. The average molecular weight is 287 g/mol. The quantitative estimate of drug-likeness (QED) is 0.597. The number of nitrogens with one attached hydrogen (secondary N) is 1. The standard InChI is InChI=1S/C14H25NO5/c1-4-6-7-10(5-2)13(17)15-11(14(18)19)8-9-12(16)20-3/h10-11H,4-9H2,1-3H3,(H,15,17)(H,18,19)/t10?,11-/m0/s1. The number of hydrogen-bond acceptors (Lipinski definition) is 4. The lowest BCUT2D eigenvalue weighted by molar-refractivity contribution is -0.144. The van der Waals surface area contributed by atoms with Gasteiger partial charge < -0.3 is 15.2 Å². The van der Waals surface area contributed by atoms with Crippen LogP contribution in [0.5, 0.6) is 0 Å². The van der Waals surface area contributed by atoms with E-state index in [1.54, 1.807) is 0 Å². The zero-order valence-corrected chi connectivity index (χ0v) is 12.5. The number of carbonyl (C=O) groups is 3. The second-order valence-electron chi connectivity index (χ2n) is 4.76. The minimum atomic E-state index is -1.13. The molecular formula is C14H25NO5. The third kappa shape index (κ3) is 7.11. The number of carboxylic acids is 1. The summed E-state index contributed by atoms with van der Waals surface area (Å²) in [7, 11) is 1.24. The molecule has 0 fully saturated rings. The molecule has 0 aliphatic heterocycles. The molecule has 1 unspecified atom stereocenters. The maximum atomic E-state index is 12.0. The first-order valence-electron chi connectivity index (χ1n) is 7.06. The number of aliphatic carboxylic acids is 1. The topological polar surface area (TPSA) is 92.7 Å². The highest BCUT2D eigenvalue weighted by Crippen LogP contribution is 2.13. The van der Waals surface area contributed by atoms with Crippen molar-refractivity contribution >= 4 is 17.8 Å². The molecule has 2 atom stereocenters. The molecule has 1 amide bonds. The fraction of sp³-hybridized carbons (Fsp3) is 0.786. The van der Waals surface area contributed by atoms with E-state index in [2.05, 4.69) is 10.1 Å². The number of rotatable bonds is 10. The van der Waals surface area contributed by atoms with Crippen molar-refractivity contribution in [3.05, 3.63) is 0 Å². The van der Waals surface area contributed by atoms with Gasteiger partial charge in [-0.25, -0.2) is 4.79 Å². The van der Waals surface area contributed by atoms with Crippen LogP contribution in [0.25, 0.3) is 0 Å². The maximum absolute atomic E-state index is 12.0. The Labute approximate surface area is 119 Å². The van der Waals surface area contributed by atoms with Crippen molar-refractivity contribution in [2.45, 2.75) is 58.4 Å². The van der Waals surface area contributed by atoms with Crippen molar-refractivity contribution in [3.63, 3.8) is 0 Å². The highest BCUT2D eigenvalue weighted by atomic mass is 16.5. The Morgan fingerprint density at radius 3 is 2.30 bits per heavy atom. The molecule has 0 heterocycles. The van der Waals surface area contributed by atoms with E-state index in [0.29, 0.717) is 6.42 Å². The van der Waals surface area contributed by atoms with Crippen LogP contribution >= 0.6 is 0 Å². The highest BCUT2D eigenvalue weighted by Gasteiger charge is 2.24. The van der Waals surface area contributed by atoms with Crippen LogP contribution in [-0.2, 0) is 19.1 Å². The van der Waals surface area contributed by atoms with E-state index < -0.39 is 18.0 Å². The molecule has 0 radical (unpaired) electrons. The van der Waals surface area contributed by atoms with E-state index in [0.717, 1.165) is 19.3 Å². The van der Waals surface area contributed by atoms with Gasteiger partial charge in [0.1, 0.15) is 6.04 Å². The second kappa shape index (κ2) is 10.2.